The number of halogens is 1. The standard InChI is InChI=1S/C11H16ClNO/c1-8-4-5-10(12)11(6-8)14-9(2)7-13-3/h4-6,9,13H,7H2,1-3H3. The van der Waals surface area contributed by atoms with Crippen LogP contribution in [0, 0.1) is 6.92 Å². The summed E-state index contributed by atoms with van der Waals surface area (Å²) in [6.45, 7) is 4.84. The molecule has 3 heteroatoms. The first kappa shape index (κ1) is 11.3. The lowest BCUT2D eigenvalue weighted by atomic mass is 10.2. The highest BCUT2D eigenvalue weighted by Gasteiger charge is 2.06. The summed E-state index contributed by atoms with van der Waals surface area (Å²) in [6, 6.07) is 5.78. The minimum absolute atomic E-state index is 0.124. The molecule has 1 rings (SSSR count). The minimum atomic E-state index is 0.124. The third-order valence-corrected chi connectivity index (χ3v) is 2.22. The van der Waals surface area contributed by atoms with E-state index in [1.807, 2.05) is 39.1 Å². The van der Waals surface area contributed by atoms with Gasteiger partial charge in [-0.2, -0.15) is 0 Å². The SMILES string of the molecule is CNCC(C)Oc1cc(C)ccc1Cl. The monoisotopic (exact) mass is 213 g/mol. The quantitative estimate of drug-likeness (QED) is 0.831. The van der Waals surface area contributed by atoms with Gasteiger partial charge in [-0.1, -0.05) is 17.7 Å². The van der Waals surface area contributed by atoms with Crippen molar-refractivity contribution in [3.8, 4) is 5.75 Å². The van der Waals surface area contributed by atoms with E-state index in [1.165, 1.54) is 0 Å². The molecule has 0 amide bonds. The lowest BCUT2D eigenvalue weighted by molar-refractivity contribution is 0.220. The van der Waals surface area contributed by atoms with Crippen LogP contribution < -0.4 is 10.1 Å². The highest BCUT2D eigenvalue weighted by molar-refractivity contribution is 6.32. The number of benzene rings is 1. The molecule has 0 spiro atoms. The summed E-state index contributed by atoms with van der Waals surface area (Å²) < 4.78 is 5.67. The number of aryl methyl sites for hydroxylation is 1. The van der Waals surface area contributed by atoms with Gasteiger partial charge in [0.05, 0.1) is 5.02 Å². The topological polar surface area (TPSA) is 21.3 Å². The molecule has 0 bridgehead atoms. The highest BCUT2D eigenvalue weighted by atomic mass is 35.5. The number of ether oxygens (including phenoxy) is 1. The Morgan fingerprint density at radius 2 is 2.21 bits per heavy atom. The molecule has 1 aromatic rings. The molecule has 0 aliphatic rings. The van der Waals surface area contributed by atoms with Crippen molar-refractivity contribution >= 4 is 11.6 Å². The van der Waals surface area contributed by atoms with Crippen LogP contribution in [0.25, 0.3) is 0 Å². The highest BCUT2D eigenvalue weighted by Crippen LogP contribution is 2.25. The van der Waals surface area contributed by atoms with Gasteiger partial charge in [0, 0.05) is 6.54 Å². The average molecular weight is 214 g/mol. The van der Waals surface area contributed by atoms with Gasteiger partial charge in [-0.15, -0.1) is 0 Å². The third-order valence-electron chi connectivity index (χ3n) is 1.91. The molecule has 0 aliphatic carbocycles. The maximum absolute atomic E-state index is 6.00. The third kappa shape index (κ3) is 3.20. The molecule has 2 nitrogen and oxygen atoms in total. The van der Waals surface area contributed by atoms with Crippen molar-refractivity contribution in [2.24, 2.45) is 0 Å². The number of likely N-dealkylation sites (N-methyl/N-ethyl adjacent to an activating group) is 1. The van der Waals surface area contributed by atoms with Crippen molar-refractivity contribution in [1.29, 1.82) is 0 Å². The fraction of sp³-hybridized carbons (Fsp3) is 0.455. The smallest absolute Gasteiger partial charge is 0.138 e. The van der Waals surface area contributed by atoms with Crippen LogP contribution in [0.4, 0.5) is 0 Å². The van der Waals surface area contributed by atoms with E-state index < -0.39 is 0 Å². The van der Waals surface area contributed by atoms with E-state index in [0.29, 0.717) is 5.02 Å². The van der Waals surface area contributed by atoms with Gasteiger partial charge in [0.15, 0.2) is 0 Å². The Labute approximate surface area is 90.2 Å². The van der Waals surface area contributed by atoms with Gasteiger partial charge in [0.25, 0.3) is 0 Å². The molecule has 1 N–H and O–H groups in total. The fourth-order valence-corrected chi connectivity index (χ4v) is 1.41. The van der Waals surface area contributed by atoms with Crippen LogP contribution in [0.5, 0.6) is 5.75 Å². The Kier molecular flexibility index (Phi) is 4.23. The van der Waals surface area contributed by atoms with Crippen LogP contribution in [-0.2, 0) is 0 Å². The van der Waals surface area contributed by atoms with Crippen LogP contribution in [-0.4, -0.2) is 19.7 Å². The van der Waals surface area contributed by atoms with Crippen LogP contribution in [0.3, 0.4) is 0 Å². The molecular weight excluding hydrogens is 198 g/mol. The number of nitrogens with one attached hydrogen (secondary N) is 1. The van der Waals surface area contributed by atoms with Crippen LogP contribution >= 0.6 is 11.6 Å². The second kappa shape index (κ2) is 5.23. The van der Waals surface area contributed by atoms with Crippen LogP contribution in [0.1, 0.15) is 12.5 Å². The molecule has 0 aromatic heterocycles. The van der Waals surface area contributed by atoms with Gasteiger partial charge in [0.1, 0.15) is 11.9 Å². The second-order valence-corrected chi connectivity index (χ2v) is 3.83. The van der Waals surface area contributed by atoms with E-state index in [2.05, 4.69) is 5.32 Å². The van der Waals surface area contributed by atoms with Crippen molar-refractivity contribution in [2.75, 3.05) is 13.6 Å². The van der Waals surface area contributed by atoms with Crippen molar-refractivity contribution in [3.63, 3.8) is 0 Å². The lowest BCUT2D eigenvalue weighted by Crippen LogP contribution is -2.26. The fourth-order valence-electron chi connectivity index (χ4n) is 1.25. The van der Waals surface area contributed by atoms with Gasteiger partial charge >= 0.3 is 0 Å². The van der Waals surface area contributed by atoms with Gasteiger partial charge in [-0.25, -0.2) is 0 Å². The summed E-state index contributed by atoms with van der Waals surface area (Å²) in [4.78, 5) is 0. The Bertz CT molecular complexity index is 301. The van der Waals surface area contributed by atoms with Crippen molar-refractivity contribution in [2.45, 2.75) is 20.0 Å². The molecule has 0 heterocycles. The second-order valence-electron chi connectivity index (χ2n) is 3.42. The molecule has 0 aliphatic heterocycles. The summed E-state index contributed by atoms with van der Waals surface area (Å²) in [7, 11) is 1.90. The zero-order chi connectivity index (χ0) is 10.6. The van der Waals surface area contributed by atoms with E-state index in [0.717, 1.165) is 17.9 Å². The predicted molar refractivity (Wildman–Crippen MR) is 60.2 cm³/mol. The summed E-state index contributed by atoms with van der Waals surface area (Å²) in [6.07, 6.45) is 0.124. The number of hydrogen-bond acceptors (Lipinski definition) is 2. The van der Waals surface area contributed by atoms with E-state index in [9.17, 15) is 0 Å². The Morgan fingerprint density at radius 3 is 2.86 bits per heavy atom. The first-order valence-electron chi connectivity index (χ1n) is 4.71. The Balaban J connectivity index is 2.70. The average Bonchev–Trinajstić information content (AvgIpc) is 2.12. The molecule has 1 aromatic carbocycles. The van der Waals surface area contributed by atoms with Crippen LogP contribution in [0.15, 0.2) is 18.2 Å². The molecule has 0 radical (unpaired) electrons. The number of rotatable bonds is 4. The molecule has 1 unspecified atom stereocenters. The summed E-state index contributed by atoms with van der Waals surface area (Å²) in [5, 5.41) is 3.72. The summed E-state index contributed by atoms with van der Waals surface area (Å²) >= 11 is 6.00. The predicted octanol–water partition coefficient (Wildman–Crippen LogP) is 2.64. The van der Waals surface area contributed by atoms with Crippen molar-refractivity contribution < 1.29 is 4.74 Å². The molecule has 0 fully saturated rings. The zero-order valence-electron chi connectivity index (χ0n) is 8.80. The normalized spacial score (nSPS) is 12.6. The first-order valence-corrected chi connectivity index (χ1v) is 5.08. The van der Waals surface area contributed by atoms with Crippen molar-refractivity contribution in [3.05, 3.63) is 28.8 Å². The van der Waals surface area contributed by atoms with E-state index in [4.69, 9.17) is 16.3 Å². The molecular formula is C11H16ClNO. The van der Waals surface area contributed by atoms with Crippen molar-refractivity contribution in [1.82, 2.24) is 5.32 Å². The zero-order valence-corrected chi connectivity index (χ0v) is 9.56. The molecule has 78 valence electrons. The minimum Gasteiger partial charge on any atom is -0.488 e. The first-order chi connectivity index (χ1) is 6.63. The van der Waals surface area contributed by atoms with Crippen LogP contribution in [0.2, 0.25) is 5.02 Å². The van der Waals surface area contributed by atoms with Gasteiger partial charge in [-0.05, 0) is 38.6 Å². The lowest BCUT2D eigenvalue weighted by Gasteiger charge is -2.15. The Hall–Kier alpha value is -0.730. The van der Waals surface area contributed by atoms with E-state index >= 15 is 0 Å². The molecule has 14 heavy (non-hydrogen) atoms. The summed E-state index contributed by atoms with van der Waals surface area (Å²) in [5.41, 5.74) is 1.15. The molecule has 0 saturated heterocycles. The molecule has 1 atom stereocenters. The van der Waals surface area contributed by atoms with E-state index in [1.54, 1.807) is 0 Å². The maximum atomic E-state index is 6.00. The number of hydrogen-bond donors (Lipinski definition) is 1. The largest absolute Gasteiger partial charge is 0.488 e. The van der Waals surface area contributed by atoms with Gasteiger partial charge in [-0.3, -0.25) is 0 Å². The van der Waals surface area contributed by atoms with Gasteiger partial charge in [0.2, 0.25) is 0 Å². The summed E-state index contributed by atoms with van der Waals surface area (Å²) in [5.74, 6) is 0.759. The van der Waals surface area contributed by atoms with Gasteiger partial charge < -0.3 is 10.1 Å². The molecule has 0 saturated carbocycles. The Morgan fingerprint density at radius 1 is 1.50 bits per heavy atom. The van der Waals surface area contributed by atoms with E-state index in [-0.39, 0.29) is 6.10 Å². The maximum Gasteiger partial charge on any atom is 0.138 e.